The summed E-state index contributed by atoms with van der Waals surface area (Å²) in [6.45, 7) is 12.0. The minimum atomic E-state index is -0.954. The van der Waals surface area contributed by atoms with Gasteiger partial charge in [-0.1, -0.05) is 0 Å². The van der Waals surface area contributed by atoms with Gasteiger partial charge in [-0.25, -0.2) is 0 Å². The van der Waals surface area contributed by atoms with E-state index in [-0.39, 0.29) is 0 Å². The summed E-state index contributed by atoms with van der Waals surface area (Å²) in [4.78, 5) is 11.1. The molecule has 3 heteroatoms. The van der Waals surface area contributed by atoms with Crippen molar-refractivity contribution >= 4 is 5.97 Å². The van der Waals surface area contributed by atoms with E-state index in [4.69, 9.17) is 16.8 Å². The van der Waals surface area contributed by atoms with Crippen molar-refractivity contribution < 1.29 is 14.6 Å². The van der Waals surface area contributed by atoms with Gasteiger partial charge in [-0.2, -0.15) is 0 Å². The first-order valence-corrected chi connectivity index (χ1v) is 3.90. The Balaban J connectivity index is 4.05. The summed E-state index contributed by atoms with van der Waals surface area (Å²) >= 11 is 0. The van der Waals surface area contributed by atoms with Crippen molar-refractivity contribution in [1.29, 1.82) is 0 Å². The van der Waals surface area contributed by atoms with Crippen LogP contribution in [0.3, 0.4) is 0 Å². The lowest BCUT2D eigenvalue weighted by molar-refractivity contribution is -0.161. The molecular weight excluding hydrogens is 156 g/mol. The zero-order chi connectivity index (χ0) is 9.94. The molecular formula is C9H16O3. The first kappa shape index (κ1) is 11.4. The predicted molar refractivity (Wildman–Crippen MR) is 45.3 cm³/mol. The number of carbonyl (C=O) groups excluding carboxylic acids is 1. The fourth-order valence-corrected chi connectivity index (χ4v) is 0.567. The quantitative estimate of drug-likeness (QED) is 0.633. The molecule has 0 aliphatic heterocycles. The first-order chi connectivity index (χ1) is 5.24. The predicted octanol–water partition coefficient (Wildman–Crippen LogP) is 1.04. The molecule has 2 atom stereocenters. The van der Waals surface area contributed by atoms with Gasteiger partial charge in [0, 0.05) is 0 Å². The maximum absolute atomic E-state index is 11.1. The SMILES string of the molecule is [CH][C@H](C(=O)OC(C)(C)C)[C@@H](C)O. The van der Waals surface area contributed by atoms with Crippen molar-refractivity contribution in [3.05, 3.63) is 6.92 Å². The Bertz CT molecular complexity index is 156. The second kappa shape index (κ2) is 3.90. The summed E-state index contributed by atoms with van der Waals surface area (Å²) in [5.41, 5.74) is -0.552. The maximum atomic E-state index is 11.1. The minimum Gasteiger partial charge on any atom is -0.460 e. The van der Waals surface area contributed by atoms with Crippen molar-refractivity contribution in [3.8, 4) is 0 Å². The van der Waals surface area contributed by atoms with E-state index in [0.29, 0.717) is 0 Å². The van der Waals surface area contributed by atoms with E-state index in [1.807, 2.05) is 0 Å². The number of aliphatic hydroxyl groups is 1. The van der Waals surface area contributed by atoms with Gasteiger partial charge in [0.1, 0.15) is 5.60 Å². The van der Waals surface area contributed by atoms with E-state index < -0.39 is 23.6 Å². The number of hydrogen-bond donors (Lipinski definition) is 1. The van der Waals surface area contributed by atoms with Crippen LogP contribution in [-0.2, 0) is 9.53 Å². The van der Waals surface area contributed by atoms with Gasteiger partial charge >= 0.3 is 5.97 Å². The molecule has 0 saturated carbocycles. The van der Waals surface area contributed by atoms with Crippen LogP contribution in [0.2, 0.25) is 0 Å². The molecule has 0 aromatic carbocycles. The van der Waals surface area contributed by atoms with Crippen molar-refractivity contribution in [1.82, 2.24) is 0 Å². The number of hydrogen-bond acceptors (Lipinski definition) is 3. The number of carbonyl (C=O) groups is 1. The van der Waals surface area contributed by atoms with Gasteiger partial charge in [0.15, 0.2) is 0 Å². The van der Waals surface area contributed by atoms with Gasteiger partial charge in [0.05, 0.1) is 12.0 Å². The minimum absolute atomic E-state index is 0.552. The Hall–Kier alpha value is -0.570. The standard InChI is InChI=1S/C9H16O3/c1-6(7(2)10)8(11)12-9(3,4)5/h1,6-7,10H,2-5H3/t6-,7+/m0/s1. The van der Waals surface area contributed by atoms with E-state index in [1.54, 1.807) is 20.8 Å². The summed E-state index contributed by atoms with van der Waals surface area (Å²) < 4.78 is 4.94. The summed E-state index contributed by atoms with van der Waals surface area (Å²) in [6, 6.07) is 0. The van der Waals surface area contributed by atoms with Gasteiger partial charge in [-0.3, -0.25) is 4.79 Å². The molecule has 0 aromatic rings. The van der Waals surface area contributed by atoms with E-state index in [0.717, 1.165) is 0 Å². The van der Waals surface area contributed by atoms with Crippen molar-refractivity contribution in [2.45, 2.75) is 39.4 Å². The Morgan fingerprint density at radius 1 is 1.50 bits per heavy atom. The van der Waals surface area contributed by atoms with E-state index in [2.05, 4.69) is 0 Å². The number of ether oxygens (including phenoxy) is 1. The average molecular weight is 172 g/mol. The lowest BCUT2D eigenvalue weighted by Gasteiger charge is -2.23. The van der Waals surface area contributed by atoms with Crippen LogP contribution in [0.15, 0.2) is 0 Å². The molecule has 0 spiro atoms. The molecule has 0 rings (SSSR count). The van der Waals surface area contributed by atoms with Gasteiger partial charge in [0.25, 0.3) is 0 Å². The Morgan fingerprint density at radius 2 is 1.92 bits per heavy atom. The molecule has 0 aromatic heterocycles. The molecule has 12 heavy (non-hydrogen) atoms. The maximum Gasteiger partial charge on any atom is 0.312 e. The normalized spacial score (nSPS) is 16.8. The van der Waals surface area contributed by atoms with Crippen LogP contribution in [0.1, 0.15) is 27.7 Å². The lowest BCUT2D eigenvalue weighted by atomic mass is 10.1. The molecule has 0 saturated heterocycles. The fourth-order valence-electron chi connectivity index (χ4n) is 0.567. The third kappa shape index (κ3) is 4.34. The second-order valence-electron chi connectivity index (χ2n) is 3.80. The largest absolute Gasteiger partial charge is 0.460 e. The number of rotatable bonds is 2. The van der Waals surface area contributed by atoms with Crippen molar-refractivity contribution in [3.63, 3.8) is 0 Å². The summed E-state index contributed by atoms with van der Waals surface area (Å²) in [5.74, 6) is -1.53. The van der Waals surface area contributed by atoms with E-state index >= 15 is 0 Å². The van der Waals surface area contributed by atoms with Crippen LogP contribution in [0.4, 0.5) is 0 Å². The highest BCUT2D eigenvalue weighted by Crippen LogP contribution is 2.12. The zero-order valence-corrected chi connectivity index (χ0v) is 8.00. The molecule has 0 aliphatic rings. The fraction of sp³-hybridized carbons (Fsp3) is 0.778. The Kier molecular flexibility index (Phi) is 3.71. The van der Waals surface area contributed by atoms with Crippen LogP contribution in [0.25, 0.3) is 0 Å². The van der Waals surface area contributed by atoms with Crippen molar-refractivity contribution in [2.75, 3.05) is 0 Å². The van der Waals surface area contributed by atoms with Gasteiger partial charge < -0.3 is 9.84 Å². The monoisotopic (exact) mass is 172 g/mol. The van der Waals surface area contributed by atoms with Gasteiger partial charge in [0.2, 0.25) is 0 Å². The summed E-state index contributed by atoms with van der Waals surface area (Å²) in [5, 5.41) is 8.96. The van der Waals surface area contributed by atoms with E-state index in [9.17, 15) is 4.79 Å². The Morgan fingerprint density at radius 3 is 2.17 bits per heavy atom. The second-order valence-corrected chi connectivity index (χ2v) is 3.80. The number of esters is 1. The summed E-state index contributed by atoms with van der Waals surface area (Å²) in [7, 11) is 0. The molecule has 0 amide bonds. The average Bonchev–Trinajstić information content (AvgIpc) is 1.82. The highest BCUT2D eigenvalue weighted by molar-refractivity contribution is 5.74. The van der Waals surface area contributed by atoms with Crippen LogP contribution in [0.5, 0.6) is 0 Å². The van der Waals surface area contributed by atoms with Crippen LogP contribution < -0.4 is 0 Å². The molecule has 70 valence electrons. The molecule has 0 bridgehead atoms. The van der Waals surface area contributed by atoms with Crippen LogP contribution in [0, 0.1) is 12.8 Å². The molecule has 0 fully saturated rings. The Labute approximate surface area is 73.7 Å². The topological polar surface area (TPSA) is 46.5 Å². The zero-order valence-electron chi connectivity index (χ0n) is 8.00. The molecule has 0 heterocycles. The first-order valence-electron chi connectivity index (χ1n) is 3.90. The molecule has 0 unspecified atom stereocenters. The summed E-state index contributed by atoms with van der Waals surface area (Å²) in [6.07, 6.45) is -0.875. The third-order valence-electron chi connectivity index (χ3n) is 1.20. The third-order valence-corrected chi connectivity index (χ3v) is 1.20. The van der Waals surface area contributed by atoms with Crippen molar-refractivity contribution in [2.24, 2.45) is 5.92 Å². The highest BCUT2D eigenvalue weighted by atomic mass is 16.6. The van der Waals surface area contributed by atoms with Gasteiger partial charge in [-0.15, -0.1) is 0 Å². The van der Waals surface area contributed by atoms with Gasteiger partial charge in [-0.05, 0) is 34.6 Å². The molecule has 2 radical (unpaired) electrons. The van der Waals surface area contributed by atoms with Crippen LogP contribution >= 0.6 is 0 Å². The molecule has 1 N–H and O–H groups in total. The lowest BCUT2D eigenvalue weighted by Crippen LogP contribution is -2.32. The number of aliphatic hydroxyl groups excluding tert-OH is 1. The highest BCUT2D eigenvalue weighted by Gasteiger charge is 2.24. The molecule has 3 nitrogen and oxygen atoms in total. The smallest absolute Gasteiger partial charge is 0.312 e. The van der Waals surface area contributed by atoms with E-state index in [1.165, 1.54) is 6.92 Å². The molecule has 0 aliphatic carbocycles. The van der Waals surface area contributed by atoms with Crippen LogP contribution in [-0.4, -0.2) is 22.8 Å².